The third-order valence-corrected chi connectivity index (χ3v) is 27.5. The van der Waals surface area contributed by atoms with Crippen LogP contribution in [0, 0.1) is 11.3 Å². The van der Waals surface area contributed by atoms with Gasteiger partial charge in [0.25, 0.3) is 17.7 Å². The molecule has 6 aliphatic rings. The van der Waals surface area contributed by atoms with Gasteiger partial charge < -0.3 is 23.8 Å². The topological polar surface area (TPSA) is 266 Å². The van der Waals surface area contributed by atoms with E-state index in [4.69, 9.17) is 71.1 Å². The number of rotatable bonds is 19. The first-order chi connectivity index (χ1) is 65.7. The number of hydrogen-bond donors (Lipinski definition) is 0. The Morgan fingerprint density at radius 3 is 1.28 bits per heavy atom. The molecule has 6 aromatic carbocycles. The van der Waals surface area contributed by atoms with E-state index in [0.717, 1.165) is 210 Å². The van der Waals surface area contributed by atoms with Crippen LogP contribution in [0.2, 0.25) is 20.1 Å². The number of ether oxygens (including phenoxy) is 1. The smallest absolute Gasteiger partial charge is 0.282 e. The monoisotopic (exact) mass is 1890 g/mol. The molecule has 0 spiro atoms. The van der Waals surface area contributed by atoms with Gasteiger partial charge in [0, 0.05) is 219 Å². The molecular weight excluding hydrogens is 1810 g/mol. The second-order valence-electron chi connectivity index (χ2n) is 33.9. The summed E-state index contributed by atoms with van der Waals surface area (Å²) in [6.07, 6.45) is 23.6. The van der Waals surface area contributed by atoms with Crippen LogP contribution in [-0.2, 0) is 30.9 Å². The van der Waals surface area contributed by atoms with E-state index in [9.17, 15) is 19.6 Å². The van der Waals surface area contributed by atoms with Crippen LogP contribution in [0.5, 0.6) is 0 Å². The number of nitrogens with zero attached hydrogens (tertiary/aromatic N) is 23. The van der Waals surface area contributed by atoms with Crippen LogP contribution < -0.4 is 0 Å². The highest BCUT2D eigenvalue weighted by Gasteiger charge is 2.33. The molecule has 4 saturated heterocycles. The molecular formula is C101H91Cl4N23O4S2. The number of imidazole rings is 4. The van der Waals surface area contributed by atoms with E-state index in [1.165, 1.54) is 60.1 Å². The van der Waals surface area contributed by atoms with Gasteiger partial charge in [-0.1, -0.05) is 143 Å². The highest BCUT2D eigenvalue weighted by Crippen LogP contribution is 2.42. The Kier molecular flexibility index (Phi) is 26.9. The quantitative estimate of drug-likeness (QED) is 0.0728. The number of benzene rings is 6. The van der Waals surface area contributed by atoms with E-state index in [1.807, 2.05) is 171 Å². The number of hydrogen-bond acceptors (Lipinski definition) is 22. The number of halogens is 4. The molecule has 674 valence electrons. The van der Waals surface area contributed by atoms with E-state index < -0.39 is 0 Å². The molecule has 4 aliphatic heterocycles. The van der Waals surface area contributed by atoms with Crippen molar-refractivity contribution >= 4 is 109 Å². The van der Waals surface area contributed by atoms with E-state index in [1.54, 1.807) is 30.2 Å². The minimum Gasteiger partial charge on any atom is -0.379 e. The summed E-state index contributed by atoms with van der Waals surface area (Å²) in [5.74, 6) is 1.19. The molecule has 0 radical (unpaired) electrons. The van der Waals surface area contributed by atoms with Gasteiger partial charge in [-0.25, -0.2) is 29.9 Å². The summed E-state index contributed by atoms with van der Waals surface area (Å²) >= 11 is 27.4. The molecule has 0 atom stereocenters. The lowest BCUT2D eigenvalue weighted by molar-refractivity contribution is 0.0336. The number of carbonyl (C=O) groups is 3. The third-order valence-electron chi connectivity index (χ3n) is 25.1. The zero-order valence-corrected chi connectivity index (χ0v) is 77.7. The van der Waals surface area contributed by atoms with Crippen molar-refractivity contribution in [3.8, 4) is 73.5 Å². The second-order valence-corrected chi connectivity index (χ2v) is 37.3. The molecule has 3 amide bonds. The fourth-order valence-electron chi connectivity index (χ4n) is 17.5. The van der Waals surface area contributed by atoms with E-state index >= 15 is 0 Å². The first-order valence-electron chi connectivity index (χ1n) is 44.8. The van der Waals surface area contributed by atoms with Crippen molar-refractivity contribution in [1.82, 2.24) is 107 Å². The van der Waals surface area contributed by atoms with Gasteiger partial charge in [-0.3, -0.25) is 62.1 Å². The van der Waals surface area contributed by atoms with Crippen LogP contribution >= 0.6 is 69.1 Å². The predicted octanol–water partition coefficient (Wildman–Crippen LogP) is 18.2. The van der Waals surface area contributed by atoms with Gasteiger partial charge >= 0.3 is 0 Å². The lowest BCUT2D eigenvalue weighted by atomic mass is 10.1. The number of fused-ring (bicyclic) bond motifs is 4. The van der Waals surface area contributed by atoms with Gasteiger partial charge in [-0.2, -0.15) is 15.5 Å². The fraction of sp³-hybridized carbons (Fsp3) is 0.257. The summed E-state index contributed by atoms with van der Waals surface area (Å²) in [6, 6.07) is 57.4. The standard InChI is InChI=1S/C28H24ClN5OS.C25H24ClN7O.C24H23ClN6OS.C24H20ClN5O/c29-23-9-6-21(7-10-23)26-24(19-32-13-15-33(16-14-32)28(35)27-30-12-17-36-27)34-18-22(8-11-25(34)31-26)20-4-2-1-3-5-20;26-20-5-3-18(4-6-20)24-22(33-15-21(17-1-2-17)27-14-23(33)30-24)16-31-9-11-32(12-10-31)25(34)19-7-8-28-29-13-19;25-18-5-3-17(4-6-18)23-21(31-12-19(16-1-2-16)26-11-22(31)28-23)13-29-7-9-30(10-8-29)24(32)20-14-33-15-27-20;25-19-7-5-17(6-8-19)24-22(16-29-9-11-31-12-10-29)30-15-21(27-14-23(30)28-24)20-4-2-1-3-18(20)13-26/h1-12,17-18H,13-16,19H2;3-8,13-15,17H,1-2,9-12,16H2;3-6,11-12,14-16H,1-2,7-10,13H2;1-8,14-15H,9-12,16H2. The van der Waals surface area contributed by atoms with Crippen molar-refractivity contribution in [3.63, 3.8) is 0 Å². The molecule has 2 saturated carbocycles. The maximum absolute atomic E-state index is 12.8. The Hall–Kier alpha value is -12.9. The average Bonchev–Trinajstić information content (AvgIpc) is 1.63. The molecule has 0 N–H and O–H groups in total. The largest absolute Gasteiger partial charge is 0.379 e. The number of amides is 3. The van der Waals surface area contributed by atoms with Gasteiger partial charge in [0.1, 0.15) is 11.3 Å². The van der Waals surface area contributed by atoms with Gasteiger partial charge in [0.05, 0.1) is 130 Å². The summed E-state index contributed by atoms with van der Waals surface area (Å²) in [6.45, 7) is 15.1. The third kappa shape index (κ3) is 20.3. The van der Waals surface area contributed by atoms with Gasteiger partial charge in [0.15, 0.2) is 21.9 Å². The molecule has 15 heterocycles. The van der Waals surface area contributed by atoms with Crippen LogP contribution in [-0.4, -0.2) is 230 Å². The van der Waals surface area contributed by atoms with E-state index in [2.05, 4.69) is 133 Å². The SMILES string of the molecule is N#Cc1ccccc1-c1cn2c(CN3CCOCC3)c(-c3ccc(Cl)cc3)nc2cn1.O=C(c1ccnnc1)N1CCN(Cc2c(-c3ccc(Cl)cc3)nc3cnc(C4CC4)cn23)CC1.O=C(c1cscn1)N1CCN(Cc2c(-c3ccc(Cl)cc3)nc3cnc(C4CC4)cn23)CC1.O=C(c1nccs1)N1CCN(Cc2c(-c3ccc(Cl)cc3)nc3ccc(-c4ccccc4)cn23)CC1. The number of pyridine rings is 1. The maximum atomic E-state index is 12.8. The van der Waals surface area contributed by atoms with Crippen molar-refractivity contribution in [2.24, 2.45) is 0 Å². The molecule has 2 aliphatic carbocycles. The lowest BCUT2D eigenvalue weighted by Gasteiger charge is -2.34. The molecule has 11 aromatic heterocycles. The zero-order chi connectivity index (χ0) is 91.1. The lowest BCUT2D eigenvalue weighted by Crippen LogP contribution is -2.48. The maximum Gasteiger partial charge on any atom is 0.282 e. The summed E-state index contributed by atoms with van der Waals surface area (Å²) in [4.78, 5) is 95.4. The molecule has 33 heteroatoms. The van der Waals surface area contributed by atoms with Crippen LogP contribution in [0.1, 0.15) is 108 Å². The molecule has 27 nitrogen and oxygen atoms in total. The van der Waals surface area contributed by atoms with E-state index in [0.29, 0.717) is 93.0 Å². The summed E-state index contributed by atoms with van der Waals surface area (Å²) < 4.78 is 14.2. The number of thiazole rings is 2. The van der Waals surface area contributed by atoms with Crippen LogP contribution in [0.4, 0.5) is 0 Å². The number of carbonyl (C=O) groups excluding carboxylic acids is 3. The van der Waals surface area contributed by atoms with Crippen molar-refractivity contribution in [2.45, 2.75) is 63.7 Å². The van der Waals surface area contributed by atoms with Crippen LogP contribution in [0.15, 0.2) is 248 Å². The molecule has 134 heavy (non-hydrogen) atoms. The van der Waals surface area contributed by atoms with Crippen molar-refractivity contribution < 1.29 is 19.1 Å². The predicted molar refractivity (Wildman–Crippen MR) is 521 cm³/mol. The first kappa shape index (κ1) is 89.0. The Bertz CT molecular complexity index is 7070. The van der Waals surface area contributed by atoms with Crippen LogP contribution in [0.25, 0.3) is 90.0 Å². The van der Waals surface area contributed by atoms with Gasteiger partial charge in [-0.15, -0.1) is 22.7 Å². The minimum atomic E-state index is 0.00588. The van der Waals surface area contributed by atoms with Crippen molar-refractivity contribution in [3.05, 3.63) is 324 Å². The Labute approximate surface area is 801 Å². The zero-order valence-electron chi connectivity index (χ0n) is 73.0. The number of nitriles is 1. The molecule has 0 unspecified atom stereocenters. The highest BCUT2D eigenvalue weighted by molar-refractivity contribution is 7.11. The average molecular weight is 1900 g/mol. The molecule has 0 bridgehead atoms. The Morgan fingerprint density at radius 1 is 0.396 bits per heavy atom. The van der Waals surface area contributed by atoms with Crippen LogP contribution in [0.3, 0.4) is 0 Å². The minimum absolute atomic E-state index is 0.00588. The normalized spacial score (nSPS) is 15.7. The first-order valence-corrected chi connectivity index (χ1v) is 48.1. The van der Waals surface area contributed by atoms with Gasteiger partial charge in [0.2, 0.25) is 0 Å². The van der Waals surface area contributed by atoms with E-state index in [-0.39, 0.29) is 17.7 Å². The van der Waals surface area contributed by atoms with Gasteiger partial charge in [-0.05, 0) is 110 Å². The Balaban J connectivity index is 0.000000111. The molecule has 23 rings (SSSR count). The second kappa shape index (κ2) is 40.5. The summed E-state index contributed by atoms with van der Waals surface area (Å²) in [5, 5.41) is 24.1. The summed E-state index contributed by atoms with van der Waals surface area (Å²) in [5.41, 5.74) is 25.4. The number of morpholine rings is 1. The highest BCUT2D eigenvalue weighted by atomic mass is 35.5. The van der Waals surface area contributed by atoms with Crippen molar-refractivity contribution in [2.75, 3.05) is 105 Å². The molecule has 17 aromatic rings. The molecule has 6 fully saturated rings. The van der Waals surface area contributed by atoms with Crippen molar-refractivity contribution in [1.29, 1.82) is 5.26 Å². The number of aromatic nitrogens is 15. The fourth-order valence-corrected chi connectivity index (χ4v) is 19.1. The summed E-state index contributed by atoms with van der Waals surface area (Å²) in [7, 11) is 0. The Morgan fingerprint density at radius 2 is 0.828 bits per heavy atom. The number of piperazine rings is 3.